The van der Waals surface area contributed by atoms with Gasteiger partial charge in [0.1, 0.15) is 5.75 Å². The van der Waals surface area contributed by atoms with Crippen LogP contribution in [-0.2, 0) is 4.79 Å². The maximum Gasteiger partial charge on any atom is 0.257 e. The van der Waals surface area contributed by atoms with Gasteiger partial charge in [0.25, 0.3) is 5.91 Å². The molecule has 4 heteroatoms. The van der Waals surface area contributed by atoms with Crippen LogP contribution in [0.15, 0.2) is 24.3 Å². The van der Waals surface area contributed by atoms with Crippen molar-refractivity contribution in [2.24, 2.45) is 0 Å². The minimum absolute atomic E-state index is 0.00475. The fraction of sp³-hybridized carbons (Fsp3) is 0.467. The second kappa shape index (κ2) is 8.29. The highest BCUT2D eigenvalue weighted by Crippen LogP contribution is 2.13. The Bertz CT molecular complexity index is 412. The van der Waals surface area contributed by atoms with Gasteiger partial charge in [0.2, 0.25) is 0 Å². The van der Waals surface area contributed by atoms with Crippen LogP contribution in [0.25, 0.3) is 0 Å². The van der Waals surface area contributed by atoms with E-state index in [0.29, 0.717) is 24.3 Å². The van der Waals surface area contributed by atoms with E-state index in [1.54, 1.807) is 24.3 Å². The van der Waals surface area contributed by atoms with Crippen molar-refractivity contribution in [2.75, 3.05) is 13.2 Å². The Balaban J connectivity index is 2.37. The quantitative estimate of drug-likeness (QED) is 0.579. The molecule has 0 aliphatic carbocycles. The predicted molar refractivity (Wildman–Crippen MR) is 74.5 cm³/mol. The lowest BCUT2D eigenvalue weighted by Gasteiger charge is -2.07. The van der Waals surface area contributed by atoms with Crippen LogP contribution in [-0.4, -0.2) is 24.8 Å². The summed E-state index contributed by atoms with van der Waals surface area (Å²) >= 11 is 0. The minimum Gasteiger partial charge on any atom is -0.484 e. The average Bonchev–Trinajstić information content (AvgIpc) is 2.45. The molecule has 1 amide bonds. The van der Waals surface area contributed by atoms with E-state index in [1.165, 1.54) is 0 Å². The summed E-state index contributed by atoms with van der Waals surface area (Å²) in [5.41, 5.74) is 0.669. The Hall–Kier alpha value is -1.84. The van der Waals surface area contributed by atoms with E-state index < -0.39 is 0 Å². The van der Waals surface area contributed by atoms with Gasteiger partial charge in [-0.15, -0.1) is 0 Å². The minimum atomic E-state index is -0.123. The van der Waals surface area contributed by atoms with Gasteiger partial charge in [-0.25, -0.2) is 0 Å². The Morgan fingerprint density at radius 2 is 1.84 bits per heavy atom. The first-order chi connectivity index (χ1) is 9.17. The van der Waals surface area contributed by atoms with Gasteiger partial charge in [0.05, 0.1) is 0 Å². The highest BCUT2D eigenvalue weighted by atomic mass is 16.5. The van der Waals surface area contributed by atoms with Gasteiger partial charge in [-0.3, -0.25) is 9.59 Å². The number of rotatable bonds is 8. The molecule has 0 heterocycles. The van der Waals surface area contributed by atoms with Gasteiger partial charge >= 0.3 is 0 Å². The molecular formula is C15H21NO3. The topological polar surface area (TPSA) is 55.4 Å². The number of hydrogen-bond donors (Lipinski definition) is 1. The largest absolute Gasteiger partial charge is 0.484 e. The fourth-order valence-electron chi connectivity index (χ4n) is 1.55. The molecule has 0 aromatic heterocycles. The molecule has 0 aliphatic rings. The number of benzene rings is 1. The number of amides is 1. The third kappa shape index (κ3) is 5.55. The first-order valence-corrected chi connectivity index (χ1v) is 6.70. The van der Waals surface area contributed by atoms with Crippen molar-refractivity contribution in [1.29, 1.82) is 0 Å². The molecule has 0 saturated carbocycles. The van der Waals surface area contributed by atoms with Crippen LogP contribution in [0.3, 0.4) is 0 Å². The van der Waals surface area contributed by atoms with E-state index in [9.17, 15) is 9.59 Å². The summed E-state index contributed by atoms with van der Waals surface area (Å²) in [4.78, 5) is 22.9. The van der Waals surface area contributed by atoms with Crippen molar-refractivity contribution in [1.82, 2.24) is 5.32 Å². The first kappa shape index (κ1) is 15.2. The monoisotopic (exact) mass is 263 g/mol. The average molecular weight is 263 g/mol. The number of hydrogen-bond acceptors (Lipinski definition) is 3. The number of Topliss-reactive ketones (excluding diaryl/α,β-unsaturated/α-hetero) is 1. The Labute approximate surface area is 114 Å². The number of carbonyl (C=O) groups excluding carboxylic acids is 2. The van der Waals surface area contributed by atoms with Crippen LogP contribution in [0.4, 0.5) is 0 Å². The van der Waals surface area contributed by atoms with Gasteiger partial charge in [-0.1, -0.05) is 20.3 Å². The van der Waals surface area contributed by atoms with Crippen molar-refractivity contribution in [3.63, 3.8) is 0 Å². The molecule has 0 saturated heterocycles. The molecule has 0 aliphatic heterocycles. The highest BCUT2D eigenvalue weighted by molar-refractivity contribution is 5.95. The van der Waals surface area contributed by atoms with Crippen molar-refractivity contribution in [3.05, 3.63) is 29.8 Å². The molecule has 0 atom stereocenters. The smallest absolute Gasteiger partial charge is 0.257 e. The van der Waals surface area contributed by atoms with Crippen LogP contribution < -0.4 is 10.1 Å². The Morgan fingerprint density at radius 1 is 1.16 bits per heavy atom. The van der Waals surface area contributed by atoms with Gasteiger partial charge in [-0.2, -0.15) is 0 Å². The Morgan fingerprint density at radius 3 is 2.42 bits per heavy atom. The summed E-state index contributed by atoms with van der Waals surface area (Å²) < 4.78 is 5.34. The Kier molecular flexibility index (Phi) is 6.64. The lowest BCUT2D eigenvalue weighted by atomic mass is 10.1. The third-order valence-electron chi connectivity index (χ3n) is 2.72. The zero-order valence-electron chi connectivity index (χ0n) is 11.6. The predicted octanol–water partition coefficient (Wildman–Crippen LogP) is 2.57. The molecule has 104 valence electrons. The second-order valence-corrected chi connectivity index (χ2v) is 4.29. The van der Waals surface area contributed by atoms with Gasteiger partial charge in [-0.05, 0) is 30.7 Å². The number of carbonyl (C=O) groups is 2. The zero-order chi connectivity index (χ0) is 14.1. The maximum absolute atomic E-state index is 11.4. The summed E-state index contributed by atoms with van der Waals surface area (Å²) in [6.07, 6.45) is 2.51. The lowest BCUT2D eigenvalue weighted by Crippen LogP contribution is -2.29. The third-order valence-corrected chi connectivity index (χ3v) is 2.72. The van der Waals surface area contributed by atoms with Crippen LogP contribution >= 0.6 is 0 Å². The second-order valence-electron chi connectivity index (χ2n) is 4.29. The van der Waals surface area contributed by atoms with Crippen molar-refractivity contribution in [3.8, 4) is 5.75 Å². The molecule has 1 N–H and O–H groups in total. The number of ketones is 1. The molecule has 0 unspecified atom stereocenters. The van der Waals surface area contributed by atoms with Crippen molar-refractivity contribution >= 4 is 11.7 Å². The summed E-state index contributed by atoms with van der Waals surface area (Å²) in [6.45, 7) is 4.59. The van der Waals surface area contributed by atoms with E-state index >= 15 is 0 Å². The number of nitrogens with one attached hydrogen (secondary N) is 1. The highest BCUT2D eigenvalue weighted by Gasteiger charge is 2.04. The summed E-state index contributed by atoms with van der Waals surface area (Å²) in [7, 11) is 0. The molecule has 0 spiro atoms. The lowest BCUT2D eigenvalue weighted by molar-refractivity contribution is -0.123. The zero-order valence-corrected chi connectivity index (χ0v) is 11.6. The summed E-state index contributed by atoms with van der Waals surface area (Å²) in [5.74, 6) is 0.573. The van der Waals surface area contributed by atoms with E-state index in [2.05, 4.69) is 12.2 Å². The van der Waals surface area contributed by atoms with E-state index in [1.807, 2.05) is 6.92 Å². The number of ether oxygens (including phenoxy) is 1. The molecular weight excluding hydrogens is 242 g/mol. The van der Waals surface area contributed by atoms with Crippen LogP contribution in [0.5, 0.6) is 5.75 Å². The standard InChI is InChI=1S/C15H21NO3/c1-3-5-10-16-15(18)11-19-13-8-6-12(7-9-13)14(17)4-2/h6-9H,3-5,10-11H2,1-2H3,(H,16,18). The number of unbranched alkanes of at least 4 members (excludes halogenated alkanes) is 1. The van der Waals surface area contributed by atoms with Crippen molar-refractivity contribution in [2.45, 2.75) is 33.1 Å². The first-order valence-electron chi connectivity index (χ1n) is 6.70. The molecule has 1 rings (SSSR count). The fourth-order valence-corrected chi connectivity index (χ4v) is 1.55. The van der Waals surface area contributed by atoms with Gasteiger partial charge < -0.3 is 10.1 Å². The van der Waals surface area contributed by atoms with Crippen molar-refractivity contribution < 1.29 is 14.3 Å². The molecule has 0 radical (unpaired) electrons. The van der Waals surface area contributed by atoms with Gasteiger partial charge in [0.15, 0.2) is 12.4 Å². The molecule has 0 bridgehead atoms. The molecule has 19 heavy (non-hydrogen) atoms. The molecule has 1 aromatic carbocycles. The van der Waals surface area contributed by atoms with E-state index in [-0.39, 0.29) is 18.3 Å². The maximum atomic E-state index is 11.4. The summed E-state index contributed by atoms with van der Waals surface area (Å²) in [6, 6.07) is 6.86. The van der Waals surface area contributed by atoms with Gasteiger partial charge in [0, 0.05) is 18.5 Å². The SMILES string of the molecule is CCCCNC(=O)COc1ccc(C(=O)CC)cc1. The van der Waals surface area contributed by atoms with E-state index in [4.69, 9.17) is 4.74 Å². The van der Waals surface area contributed by atoms with E-state index in [0.717, 1.165) is 12.8 Å². The van der Waals surface area contributed by atoms with Crippen LogP contribution in [0, 0.1) is 0 Å². The van der Waals surface area contributed by atoms with Crippen LogP contribution in [0.2, 0.25) is 0 Å². The summed E-state index contributed by atoms with van der Waals surface area (Å²) in [5, 5.41) is 2.77. The molecule has 0 fully saturated rings. The molecule has 1 aromatic rings. The van der Waals surface area contributed by atoms with Crippen LogP contribution in [0.1, 0.15) is 43.5 Å². The normalized spacial score (nSPS) is 10.0. The molecule has 4 nitrogen and oxygen atoms in total.